The lowest BCUT2D eigenvalue weighted by atomic mass is 10.1. The van der Waals surface area contributed by atoms with Gasteiger partial charge in [-0.25, -0.2) is 4.79 Å². The Bertz CT molecular complexity index is 949. The van der Waals surface area contributed by atoms with Crippen molar-refractivity contribution in [1.29, 1.82) is 0 Å². The molecule has 31 heavy (non-hydrogen) atoms. The van der Waals surface area contributed by atoms with Crippen LogP contribution in [0.3, 0.4) is 0 Å². The molecule has 6 nitrogen and oxygen atoms in total. The third-order valence-corrected chi connectivity index (χ3v) is 5.72. The summed E-state index contributed by atoms with van der Waals surface area (Å²) in [6.45, 7) is 6.59. The molecule has 0 radical (unpaired) electrons. The summed E-state index contributed by atoms with van der Waals surface area (Å²) in [5.74, 6) is -0.560. The van der Waals surface area contributed by atoms with E-state index in [9.17, 15) is 14.4 Å². The summed E-state index contributed by atoms with van der Waals surface area (Å²) in [6.07, 6.45) is 0.732. The van der Waals surface area contributed by atoms with Crippen molar-refractivity contribution in [3.63, 3.8) is 0 Å². The van der Waals surface area contributed by atoms with E-state index < -0.39 is 11.7 Å². The van der Waals surface area contributed by atoms with Crippen LogP contribution in [0.25, 0.3) is 0 Å². The summed E-state index contributed by atoms with van der Waals surface area (Å²) in [5, 5.41) is 0. The van der Waals surface area contributed by atoms with Crippen LogP contribution in [-0.4, -0.2) is 52.9 Å². The quantitative estimate of drug-likeness (QED) is 0.521. The molecule has 0 saturated carbocycles. The molecule has 0 fully saturated rings. The lowest BCUT2D eigenvalue weighted by molar-refractivity contribution is 0.0247. The summed E-state index contributed by atoms with van der Waals surface area (Å²) in [4.78, 5) is 40.7. The molecule has 1 heterocycles. The second-order valence-electron chi connectivity index (χ2n) is 8.47. The van der Waals surface area contributed by atoms with E-state index in [2.05, 4.69) is 15.9 Å². The van der Waals surface area contributed by atoms with Gasteiger partial charge < -0.3 is 9.64 Å². The van der Waals surface area contributed by atoms with Crippen molar-refractivity contribution in [1.82, 2.24) is 9.80 Å². The van der Waals surface area contributed by atoms with Crippen LogP contribution in [0, 0.1) is 0 Å². The van der Waals surface area contributed by atoms with Gasteiger partial charge in [0.25, 0.3) is 11.8 Å². The lowest BCUT2D eigenvalue weighted by Gasteiger charge is -2.28. The number of amides is 3. The van der Waals surface area contributed by atoms with E-state index in [0.29, 0.717) is 37.1 Å². The van der Waals surface area contributed by atoms with Gasteiger partial charge in [0.1, 0.15) is 5.60 Å². The molecule has 0 N–H and O–H groups in total. The van der Waals surface area contributed by atoms with Gasteiger partial charge >= 0.3 is 6.09 Å². The van der Waals surface area contributed by atoms with Crippen LogP contribution in [-0.2, 0) is 11.2 Å². The minimum atomic E-state index is -0.606. The molecule has 164 valence electrons. The van der Waals surface area contributed by atoms with Crippen LogP contribution >= 0.6 is 15.9 Å². The number of nitrogens with zero attached hydrogens (tertiary/aromatic N) is 2. The van der Waals surface area contributed by atoms with Crippen LogP contribution in [0.15, 0.2) is 53.0 Å². The smallest absolute Gasteiger partial charge is 0.410 e. The summed E-state index contributed by atoms with van der Waals surface area (Å²) in [7, 11) is 0. The largest absolute Gasteiger partial charge is 0.444 e. The van der Waals surface area contributed by atoms with E-state index in [-0.39, 0.29) is 18.4 Å². The predicted octanol–water partition coefficient (Wildman–Crippen LogP) is 4.92. The maximum Gasteiger partial charge on any atom is 0.410 e. The Balaban J connectivity index is 1.63. The van der Waals surface area contributed by atoms with E-state index in [0.717, 1.165) is 10.0 Å². The van der Waals surface area contributed by atoms with Crippen LogP contribution in [0.4, 0.5) is 4.79 Å². The fourth-order valence-corrected chi connectivity index (χ4v) is 3.92. The van der Waals surface area contributed by atoms with E-state index in [1.165, 1.54) is 4.90 Å². The molecule has 3 rings (SSSR count). The van der Waals surface area contributed by atoms with Crippen molar-refractivity contribution in [2.75, 3.05) is 19.6 Å². The van der Waals surface area contributed by atoms with Crippen molar-refractivity contribution in [2.24, 2.45) is 0 Å². The fraction of sp³-hybridized carbons (Fsp3) is 0.375. The van der Waals surface area contributed by atoms with E-state index >= 15 is 0 Å². The highest BCUT2D eigenvalue weighted by Crippen LogP contribution is 2.23. The van der Waals surface area contributed by atoms with Gasteiger partial charge in [-0.2, -0.15) is 0 Å². The monoisotopic (exact) mass is 486 g/mol. The van der Waals surface area contributed by atoms with Gasteiger partial charge in [-0.05, 0) is 57.4 Å². The maximum absolute atomic E-state index is 12.7. The fourth-order valence-electron chi connectivity index (χ4n) is 3.44. The molecule has 2 aromatic rings. The minimum absolute atomic E-state index is 0.251. The van der Waals surface area contributed by atoms with Crippen molar-refractivity contribution >= 4 is 33.8 Å². The van der Waals surface area contributed by atoms with E-state index in [4.69, 9.17) is 4.74 Å². The molecular formula is C24H27BrN2O4. The summed E-state index contributed by atoms with van der Waals surface area (Å²) in [5.41, 5.74) is 1.36. The molecule has 2 aromatic carbocycles. The number of fused-ring (bicyclic) bond motifs is 1. The number of carbonyl (C=O) groups excluding carboxylic acids is 3. The predicted molar refractivity (Wildman–Crippen MR) is 122 cm³/mol. The van der Waals surface area contributed by atoms with Gasteiger partial charge in [-0.3, -0.25) is 14.5 Å². The van der Waals surface area contributed by atoms with Gasteiger partial charge in [0.2, 0.25) is 0 Å². The second-order valence-corrected chi connectivity index (χ2v) is 9.32. The number of benzene rings is 2. The first-order valence-corrected chi connectivity index (χ1v) is 11.1. The van der Waals surface area contributed by atoms with Crippen LogP contribution in [0.2, 0.25) is 0 Å². The molecule has 0 unspecified atom stereocenters. The molecule has 3 amide bonds. The zero-order chi connectivity index (χ0) is 22.6. The molecule has 0 atom stereocenters. The van der Waals surface area contributed by atoms with Gasteiger partial charge in [0, 0.05) is 24.1 Å². The molecule has 0 bridgehead atoms. The average Bonchev–Trinajstić information content (AvgIpc) is 2.95. The first-order valence-electron chi connectivity index (χ1n) is 10.3. The summed E-state index contributed by atoms with van der Waals surface area (Å²) in [6, 6.07) is 14.7. The standard InChI is InChI=1S/C24H27BrN2O4/c1-24(2,3)31-23(30)26(16-13-17-9-4-7-12-20(17)25)14-8-15-27-21(28)18-10-5-6-11-19(18)22(27)29/h4-7,9-12H,8,13-16H2,1-3H3. The SMILES string of the molecule is CC(C)(C)OC(=O)N(CCCN1C(=O)c2ccccc2C1=O)CCc1ccccc1Br. The topological polar surface area (TPSA) is 66.9 Å². The van der Waals surface area contributed by atoms with Crippen LogP contribution < -0.4 is 0 Å². The zero-order valence-corrected chi connectivity index (χ0v) is 19.6. The number of hydrogen-bond donors (Lipinski definition) is 0. The van der Waals surface area contributed by atoms with E-state index in [1.54, 1.807) is 29.2 Å². The van der Waals surface area contributed by atoms with Crippen molar-refractivity contribution in [3.8, 4) is 0 Å². The summed E-state index contributed by atoms with van der Waals surface area (Å²) < 4.78 is 6.55. The van der Waals surface area contributed by atoms with Crippen molar-refractivity contribution in [3.05, 3.63) is 69.7 Å². The van der Waals surface area contributed by atoms with Crippen LogP contribution in [0.1, 0.15) is 53.5 Å². The van der Waals surface area contributed by atoms with Crippen molar-refractivity contribution < 1.29 is 19.1 Å². The van der Waals surface area contributed by atoms with Gasteiger partial charge in [-0.1, -0.05) is 46.3 Å². The number of halogens is 1. The molecule has 0 aromatic heterocycles. The van der Waals surface area contributed by atoms with E-state index in [1.807, 2.05) is 45.0 Å². The second kappa shape index (κ2) is 9.64. The van der Waals surface area contributed by atoms with Gasteiger partial charge in [0.05, 0.1) is 11.1 Å². The number of ether oxygens (including phenoxy) is 1. The first-order chi connectivity index (χ1) is 14.7. The number of imide groups is 1. The molecular weight excluding hydrogens is 460 g/mol. The number of hydrogen-bond acceptors (Lipinski definition) is 4. The molecule has 0 saturated heterocycles. The Labute approximate surface area is 191 Å². The molecule has 7 heteroatoms. The normalized spacial score (nSPS) is 13.4. The Kier molecular flexibility index (Phi) is 7.15. The Hall–Kier alpha value is -2.67. The summed E-state index contributed by atoms with van der Waals surface area (Å²) >= 11 is 3.54. The van der Waals surface area contributed by atoms with Gasteiger partial charge in [0.15, 0.2) is 0 Å². The molecule has 1 aliphatic rings. The third-order valence-electron chi connectivity index (χ3n) is 4.95. The zero-order valence-electron chi connectivity index (χ0n) is 18.1. The number of carbonyl (C=O) groups is 3. The van der Waals surface area contributed by atoms with Gasteiger partial charge in [-0.15, -0.1) is 0 Å². The lowest BCUT2D eigenvalue weighted by Crippen LogP contribution is -2.40. The average molecular weight is 487 g/mol. The highest BCUT2D eigenvalue weighted by Gasteiger charge is 2.34. The Morgan fingerprint density at radius 2 is 1.55 bits per heavy atom. The molecule has 1 aliphatic heterocycles. The molecule has 0 spiro atoms. The van der Waals surface area contributed by atoms with Crippen molar-refractivity contribution in [2.45, 2.75) is 39.2 Å². The van der Waals surface area contributed by atoms with Crippen LogP contribution in [0.5, 0.6) is 0 Å². The number of rotatable bonds is 7. The third kappa shape index (κ3) is 5.73. The maximum atomic E-state index is 12.7. The Morgan fingerprint density at radius 3 is 2.13 bits per heavy atom. The molecule has 0 aliphatic carbocycles. The highest BCUT2D eigenvalue weighted by atomic mass is 79.9. The highest BCUT2D eigenvalue weighted by molar-refractivity contribution is 9.10. The Morgan fingerprint density at radius 1 is 0.968 bits per heavy atom. The minimum Gasteiger partial charge on any atom is -0.444 e. The first kappa shape index (κ1) is 23.0.